The molecular weight excluding hydrogens is 232 g/mol. The maximum absolute atomic E-state index is 5.68. The van der Waals surface area contributed by atoms with Crippen molar-refractivity contribution in [3.8, 4) is 0 Å². The molecule has 1 saturated heterocycles. The minimum absolute atomic E-state index is 0.384. The quantitative estimate of drug-likeness (QED) is 0.790. The second-order valence-corrected chi connectivity index (χ2v) is 4.89. The Hall–Kier alpha value is -1.04. The molecule has 0 amide bonds. The number of hydrogen-bond donors (Lipinski definition) is 1. The minimum atomic E-state index is 0.384. The Kier molecular flexibility index (Phi) is 4.04. The predicted octanol–water partition coefficient (Wildman–Crippen LogP) is 0.463. The predicted molar refractivity (Wildman–Crippen MR) is 72.9 cm³/mol. The van der Waals surface area contributed by atoms with Crippen molar-refractivity contribution in [3.05, 3.63) is 29.6 Å². The summed E-state index contributed by atoms with van der Waals surface area (Å²) in [5.41, 5.74) is 7.58. The molecule has 5 heteroatoms. The van der Waals surface area contributed by atoms with Crippen molar-refractivity contribution in [1.29, 1.82) is 0 Å². The zero-order chi connectivity index (χ0) is 12.3. The third kappa shape index (κ3) is 3.21. The van der Waals surface area contributed by atoms with Gasteiger partial charge in [-0.2, -0.15) is 0 Å². The van der Waals surface area contributed by atoms with Crippen LogP contribution in [0.2, 0.25) is 0 Å². The van der Waals surface area contributed by atoms with E-state index >= 15 is 0 Å². The molecule has 0 saturated carbocycles. The molecule has 0 bridgehead atoms. The third-order valence-electron chi connectivity index (χ3n) is 3.11. The van der Waals surface area contributed by atoms with Crippen molar-refractivity contribution < 1.29 is 0 Å². The number of pyridine rings is 1. The maximum Gasteiger partial charge on any atom is 0.123 e. The summed E-state index contributed by atoms with van der Waals surface area (Å²) in [6.07, 6.45) is 1.74. The van der Waals surface area contributed by atoms with Gasteiger partial charge in [-0.05, 0) is 18.7 Å². The van der Waals surface area contributed by atoms with Gasteiger partial charge in [0.15, 0.2) is 0 Å². The minimum Gasteiger partial charge on any atom is -0.388 e. The summed E-state index contributed by atoms with van der Waals surface area (Å²) < 4.78 is 0. The lowest BCUT2D eigenvalue weighted by molar-refractivity contribution is 0.148. The van der Waals surface area contributed by atoms with Gasteiger partial charge in [-0.1, -0.05) is 18.3 Å². The van der Waals surface area contributed by atoms with Gasteiger partial charge >= 0.3 is 0 Å². The topological polar surface area (TPSA) is 45.4 Å². The van der Waals surface area contributed by atoms with E-state index in [9.17, 15) is 0 Å². The van der Waals surface area contributed by atoms with E-state index in [2.05, 4.69) is 27.9 Å². The number of nitrogens with zero attached hydrogens (tertiary/aromatic N) is 3. The molecule has 92 valence electrons. The molecular formula is C12H18N4S. The van der Waals surface area contributed by atoms with Crippen LogP contribution in [0.5, 0.6) is 0 Å². The van der Waals surface area contributed by atoms with Crippen LogP contribution in [0.15, 0.2) is 18.3 Å². The first kappa shape index (κ1) is 12.4. The van der Waals surface area contributed by atoms with Crippen molar-refractivity contribution in [2.75, 3.05) is 33.2 Å². The molecule has 1 aromatic rings. The molecule has 0 radical (unpaired) electrons. The van der Waals surface area contributed by atoms with E-state index in [-0.39, 0.29) is 0 Å². The van der Waals surface area contributed by atoms with E-state index in [0.29, 0.717) is 4.99 Å². The number of nitrogens with two attached hydrogens (primary N) is 1. The Bertz CT molecular complexity index is 399. The smallest absolute Gasteiger partial charge is 0.123 e. The van der Waals surface area contributed by atoms with Gasteiger partial charge < -0.3 is 10.6 Å². The Morgan fingerprint density at radius 1 is 1.41 bits per heavy atom. The van der Waals surface area contributed by atoms with E-state index in [1.807, 2.05) is 6.07 Å². The molecule has 4 nitrogen and oxygen atoms in total. The fourth-order valence-corrected chi connectivity index (χ4v) is 2.22. The van der Waals surface area contributed by atoms with Gasteiger partial charge in [0, 0.05) is 38.9 Å². The summed E-state index contributed by atoms with van der Waals surface area (Å²) in [6.45, 7) is 5.28. The van der Waals surface area contributed by atoms with Crippen molar-refractivity contribution in [2.24, 2.45) is 5.73 Å². The van der Waals surface area contributed by atoms with Crippen LogP contribution in [0.4, 0.5) is 0 Å². The summed E-state index contributed by atoms with van der Waals surface area (Å²) in [5, 5.41) is 0. The molecule has 0 spiro atoms. The summed E-state index contributed by atoms with van der Waals surface area (Å²) in [7, 11) is 2.15. The molecule has 2 N–H and O–H groups in total. The molecule has 0 unspecified atom stereocenters. The normalized spacial score (nSPS) is 18.2. The molecule has 1 aliphatic rings. The van der Waals surface area contributed by atoms with Crippen LogP contribution < -0.4 is 5.73 Å². The molecule has 2 heterocycles. The number of rotatable bonds is 3. The Morgan fingerprint density at radius 2 is 2.12 bits per heavy atom. The highest BCUT2D eigenvalue weighted by molar-refractivity contribution is 7.80. The number of hydrogen-bond acceptors (Lipinski definition) is 4. The van der Waals surface area contributed by atoms with Crippen LogP contribution in [-0.4, -0.2) is 53.0 Å². The lowest BCUT2D eigenvalue weighted by atomic mass is 10.1. The molecule has 17 heavy (non-hydrogen) atoms. The fraction of sp³-hybridized carbons (Fsp3) is 0.500. The largest absolute Gasteiger partial charge is 0.388 e. The van der Waals surface area contributed by atoms with Crippen LogP contribution in [0.25, 0.3) is 0 Å². The first-order valence-corrected chi connectivity index (χ1v) is 6.22. The maximum atomic E-state index is 5.68. The molecule has 0 aliphatic carbocycles. The zero-order valence-corrected chi connectivity index (χ0v) is 10.9. The Morgan fingerprint density at radius 3 is 2.76 bits per heavy atom. The number of likely N-dealkylation sites (N-methyl/N-ethyl adjacent to an activating group) is 1. The molecule has 0 atom stereocenters. The highest BCUT2D eigenvalue weighted by atomic mass is 32.1. The summed E-state index contributed by atoms with van der Waals surface area (Å²) in [4.78, 5) is 9.40. The van der Waals surface area contributed by atoms with Crippen LogP contribution in [0.3, 0.4) is 0 Å². The third-order valence-corrected chi connectivity index (χ3v) is 3.31. The van der Waals surface area contributed by atoms with Crippen molar-refractivity contribution in [2.45, 2.75) is 6.54 Å². The second kappa shape index (κ2) is 5.53. The van der Waals surface area contributed by atoms with Gasteiger partial charge in [0.25, 0.3) is 0 Å². The van der Waals surface area contributed by atoms with E-state index < -0.39 is 0 Å². The van der Waals surface area contributed by atoms with E-state index in [1.54, 1.807) is 6.20 Å². The number of piperazine rings is 1. The molecule has 2 rings (SSSR count). The van der Waals surface area contributed by atoms with Gasteiger partial charge in [0.2, 0.25) is 0 Å². The number of aromatic nitrogens is 1. The Labute approximate surface area is 107 Å². The summed E-state index contributed by atoms with van der Waals surface area (Å²) in [6, 6.07) is 3.99. The van der Waals surface area contributed by atoms with Crippen molar-refractivity contribution in [1.82, 2.24) is 14.8 Å². The fourth-order valence-electron chi connectivity index (χ4n) is 2.03. The van der Waals surface area contributed by atoms with Crippen molar-refractivity contribution in [3.63, 3.8) is 0 Å². The number of thiocarbonyl (C=S) groups is 1. The van der Waals surface area contributed by atoms with Gasteiger partial charge in [-0.3, -0.25) is 9.88 Å². The van der Waals surface area contributed by atoms with E-state index in [4.69, 9.17) is 18.0 Å². The summed E-state index contributed by atoms with van der Waals surface area (Å²) >= 11 is 5.02. The lowest BCUT2D eigenvalue weighted by Gasteiger charge is -2.32. The SMILES string of the molecule is CN1CCN(Cc2cccnc2C(N)=S)CC1. The van der Waals surface area contributed by atoms with Crippen LogP contribution >= 0.6 is 12.2 Å². The van der Waals surface area contributed by atoms with Crippen LogP contribution in [0.1, 0.15) is 11.3 Å². The Balaban J connectivity index is 2.05. The standard InChI is InChI=1S/C12H18N4S/c1-15-5-7-16(8-6-15)9-10-3-2-4-14-11(10)12(13)17/h2-4H,5-9H2,1H3,(H2,13,17). The zero-order valence-electron chi connectivity index (χ0n) is 10.1. The monoisotopic (exact) mass is 250 g/mol. The highest BCUT2D eigenvalue weighted by Crippen LogP contribution is 2.11. The van der Waals surface area contributed by atoms with Crippen LogP contribution in [-0.2, 0) is 6.54 Å². The van der Waals surface area contributed by atoms with Gasteiger partial charge in [-0.15, -0.1) is 0 Å². The highest BCUT2D eigenvalue weighted by Gasteiger charge is 2.16. The lowest BCUT2D eigenvalue weighted by Crippen LogP contribution is -2.44. The van der Waals surface area contributed by atoms with Crippen molar-refractivity contribution >= 4 is 17.2 Å². The van der Waals surface area contributed by atoms with Gasteiger partial charge in [0.05, 0.1) is 0 Å². The first-order chi connectivity index (χ1) is 8.16. The van der Waals surface area contributed by atoms with E-state index in [1.165, 1.54) is 0 Å². The molecule has 1 fully saturated rings. The van der Waals surface area contributed by atoms with E-state index in [0.717, 1.165) is 44.0 Å². The van der Waals surface area contributed by atoms with Gasteiger partial charge in [0.1, 0.15) is 10.7 Å². The molecule has 0 aromatic carbocycles. The molecule has 1 aliphatic heterocycles. The first-order valence-electron chi connectivity index (χ1n) is 5.81. The molecule has 1 aromatic heterocycles. The average molecular weight is 250 g/mol. The summed E-state index contributed by atoms with van der Waals surface area (Å²) in [5.74, 6) is 0. The van der Waals surface area contributed by atoms with Gasteiger partial charge in [-0.25, -0.2) is 0 Å². The average Bonchev–Trinajstić information content (AvgIpc) is 2.32. The second-order valence-electron chi connectivity index (χ2n) is 4.45. The van der Waals surface area contributed by atoms with Crippen LogP contribution in [0, 0.1) is 0 Å².